The van der Waals surface area contributed by atoms with Gasteiger partial charge in [-0.1, -0.05) is 19.1 Å². The number of benzene rings is 1. The Balaban J connectivity index is 2.12. The lowest BCUT2D eigenvalue weighted by Crippen LogP contribution is -2.18. The van der Waals surface area contributed by atoms with Gasteiger partial charge < -0.3 is 14.5 Å². The van der Waals surface area contributed by atoms with E-state index in [0.717, 1.165) is 12.0 Å². The summed E-state index contributed by atoms with van der Waals surface area (Å²) in [6, 6.07) is 7.02. The number of ether oxygens (including phenoxy) is 2. The largest absolute Gasteiger partial charge is 0.462 e. The van der Waals surface area contributed by atoms with E-state index in [2.05, 4.69) is 4.98 Å². The molecular weight excluding hydrogens is 334 g/mol. The minimum atomic E-state index is -0.580. The number of ketones is 1. The molecule has 138 valence electrons. The van der Waals surface area contributed by atoms with Crippen molar-refractivity contribution in [2.75, 3.05) is 13.2 Å². The van der Waals surface area contributed by atoms with Crippen LogP contribution in [0.5, 0.6) is 0 Å². The van der Waals surface area contributed by atoms with Crippen LogP contribution in [0.4, 0.5) is 0 Å². The molecule has 26 heavy (non-hydrogen) atoms. The van der Waals surface area contributed by atoms with E-state index in [4.69, 9.17) is 9.47 Å². The van der Waals surface area contributed by atoms with Crippen molar-refractivity contribution in [3.05, 3.63) is 57.9 Å². The lowest BCUT2D eigenvalue weighted by molar-refractivity contribution is 0.0472. The summed E-state index contributed by atoms with van der Waals surface area (Å²) in [5.41, 5.74) is 2.97. The molecule has 0 fully saturated rings. The molecule has 0 saturated carbocycles. The van der Waals surface area contributed by atoms with Crippen molar-refractivity contribution in [2.24, 2.45) is 0 Å². The average Bonchev–Trinajstić information content (AvgIpc) is 2.93. The quantitative estimate of drug-likeness (QED) is 0.606. The van der Waals surface area contributed by atoms with Crippen LogP contribution >= 0.6 is 0 Å². The van der Waals surface area contributed by atoms with Crippen molar-refractivity contribution in [1.29, 1.82) is 0 Å². The second-order valence-electron chi connectivity index (χ2n) is 5.90. The molecule has 0 unspecified atom stereocenters. The predicted molar refractivity (Wildman–Crippen MR) is 96.7 cm³/mol. The molecule has 0 aliphatic rings. The second-order valence-corrected chi connectivity index (χ2v) is 5.90. The SMILES string of the molecule is CCOC(=O)c1c(C)[nH]c(C)c1C(=O)COC(=O)c1ccc(CC)cc1. The van der Waals surface area contributed by atoms with Crippen molar-refractivity contribution in [3.63, 3.8) is 0 Å². The van der Waals surface area contributed by atoms with E-state index in [1.807, 2.05) is 19.1 Å². The van der Waals surface area contributed by atoms with E-state index >= 15 is 0 Å². The van der Waals surface area contributed by atoms with Gasteiger partial charge in [-0.3, -0.25) is 4.79 Å². The molecule has 0 spiro atoms. The molecule has 1 heterocycles. The first-order valence-electron chi connectivity index (χ1n) is 8.54. The number of aromatic nitrogens is 1. The van der Waals surface area contributed by atoms with E-state index < -0.39 is 24.3 Å². The number of rotatable bonds is 7. The molecule has 1 aromatic carbocycles. The number of H-pyrrole nitrogens is 1. The van der Waals surface area contributed by atoms with Gasteiger partial charge in [0.1, 0.15) is 0 Å². The Morgan fingerprint density at radius 1 is 0.885 bits per heavy atom. The number of nitrogens with one attached hydrogen (secondary N) is 1. The Hall–Kier alpha value is -2.89. The number of aryl methyl sites for hydroxylation is 3. The first-order chi connectivity index (χ1) is 12.4. The molecule has 0 amide bonds. The van der Waals surface area contributed by atoms with Crippen LogP contribution in [0.25, 0.3) is 0 Å². The highest BCUT2D eigenvalue weighted by molar-refractivity contribution is 6.09. The number of aromatic amines is 1. The maximum atomic E-state index is 12.5. The van der Waals surface area contributed by atoms with Gasteiger partial charge in [0.05, 0.1) is 23.3 Å². The molecular formula is C20H23NO5. The third-order valence-corrected chi connectivity index (χ3v) is 4.07. The standard InChI is InChI=1S/C20H23NO5/c1-5-14-7-9-15(10-8-14)19(23)26-11-16(22)17-12(3)21-13(4)18(17)20(24)25-6-2/h7-10,21H,5-6,11H2,1-4H3. The molecule has 0 radical (unpaired) electrons. The number of carbonyl (C=O) groups excluding carboxylic acids is 3. The summed E-state index contributed by atoms with van der Waals surface area (Å²) in [7, 11) is 0. The monoisotopic (exact) mass is 357 g/mol. The minimum absolute atomic E-state index is 0.192. The molecule has 1 N–H and O–H groups in total. The molecule has 0 atom stereocenters. The molecule has 2 rings (SSSR count). The van der Waals surface area contributed by atoms with Gasteiger partial charge in [-0.05, 0) is 44.9 Å². The highest BCUT2D eigenvalue weighted by Crippen LogP contribution is 2.20. The van der Waals surface area contributed by atoms with Crippen molar-refractivity contribution < 1.29 is 23.9 Å². The number of esters is 2. The minimum Gasteiger partial charge on any atom is -0.462 e. The summed E-state index contributed by atoms with van der Waals surface area (Å²) in [6.45, 7) is 6.86. The van der Waals surface area contributed by atoms with Crippen molar-refractivity contribution in [1.82, 2.24) is 4.98 Å². The highest BCUT2D eigenvalue weighted by atomic mass is 16.5. The van der Waals surface area contributed by atoms with Crippen LogP contribution in [-0.4, -0.2) is 35.9 Å². The van der Waals surface area contributed by atoms with Crippen LogP contribution in [0.15, 0.2) is 24.3 Å². The number of carbonyl (C=O) groups is 3. The van der Waals surface area contributed by atoms with Gasteiger partial charge in [-0.15, -0.1) is 0 Å². The number of hydrogen-bond acceptors (Lipinski definition) is 5. The lowest BCUT2D eigenvalue weighted by atomic mass is 10.1. The zero-order valence-corrected chi connectivity index (χ0v) is 15.5. The van der Waals surface area contributed by atoms with Gasteiger partial charge in [-0.25, -0.2) is 9.59 Å². The summed E-state index contributed by atoms with van der Waals surface area (Å²) >= 11 is 0. The third-order valence-electron chi connectivity index (χ3n) is 4.07. The van der Waals surface area contributed by atoms with Gasteiger partial charge >= 0.3 is 11.9 Å². The van der Waals surface area contributed by atoms with E-state index in [0.29, 0.717) is 17.0 Å². The fourth-order valence-corrected chi connectivity index (χ4v) is 2.75. The first kappa shape index (κ1) is 19.4. The Kier molecular flexibility index (Phi) is 6.33. The van der Waals surface area contributed by atoms with Crippen LogP contribution < -0.4 is 0 Å². The summed E-state index contributed by atoms with van der Waals surface area (Å²) < 4.78 is 10.1. The second kappa shape index (κ2) is 8.47. The zero-order valence-electron chi connectivity index (χ0n) is 15.5. The van der Waals surface area contributed by atoms with E-state index in [1.54, 1.807) is 32.9 Å². The maximum Gasteiger partial charge on any atom is 0.340 e. The van der Waals surface area contributed by atoms with Crippen LogP contribution in [0.2, 0.25) is 0 Å². The van der Waals surface area contributed by atoms with Crippen LogP contribution in [0, 0.1) is 13.8 Å². The smallest absolute Gasteiger partial charge is 0.340 e. The lowest BCUT2D eigenvalue weighted by Gasteiger charge is -2.07. The molecule has 0 aliphatic carbocycles. The summed E-state index contributed by atoms with van der Waals surface area (Å²) in [5, 5.41) is 0. The zero-order chi connectivity index (χ0) is 19.3. The summed E-state index contributed by atoms with van der Waals surface area (Å²) in [6.07, 6.45) is 0.872. The third kappa shape index (κ3) is 4.20. The van der Waals surface area contributed by atoms with E-state index in [1.165, 1.54) is 0 Å². The highest BCUT2D eigenvalue weighted by Gasteiger charge is 2.26. The maximum absolute atomic E-state index is 12.5. The molecule has 2 aromatic rings. The summed E-state index contributed by atoms with van der Waals surface area (Å²) in [5.74, 6) is -1.60. The van der Waals surface area contributed by atoms with Gasteiger partial charge in [-0.2, -0.15) is 0 Å². The molecule has 0 saturated heterocycles. The van der Waals surface area contributed by atoms with Gasteiger partial charge in [0.25, 0.3) is 0 Å². The van der Waals surface area contributed by atoms with E-state index in [-0.39, 0.29) is 17.7 Å². The van der Waals surface area contributed by atoms with Crippen LogP contribution in [0.1, 0.15) is 61.9 Å². The average molecular weight is 357 g/mol. The summed E-state index contributed by atoms with van der Waals surface area (Å²) in [4.78, 5) is 39.7. The molecule has 6 heteroatoms. The van der Waals surface area contributed by atoms with Gasteiger partial charge in [0.2, 0.25) is 5.78 Å². The topological polar surface area (TPSA) is 85.5 Å². The number of hydrogen-bond donors (Lipinski definition) is 1. The van der Waals surface area contributed by atoms with Crippen LogP contribution in [0.3, 0.4) is 0 Å². The van der Waals surface area contributed by atoms with Crippen molar-refractivity contribution in [3.8, 4) is 0 Å². The Morgan fingerprint density at radius 3 is 2.08 bits per heavy atom. The van der Waals surface area contributed by atoms with Crippen LogP contribution in [-0.2, 0) is 15.9 Å². The Bertz CT molecular complexity index is 817. The van der Waals surface area contributed by atoms with Crippen molar-refractivity contribution >= 4 is 17.7 Å². The predicted octanol–water partition coefficient (Wildman–Crippen LogP) is 3.41. The van der Waals surface area contributed by atoms with Crippen molar-refractivity contribution in [2.45, 2.75) is 34.1 Å². The number of Topliss-reactive ketones (excluding diaryl/α,β-unsaturated/α-hetero) is 1. The normalized spacial score (nSPS) is 10.5. The van der Waals surface area contributed by atoms with Gasteiger partial charge in [0.15, 0.2) is 6.61 Å². The molecule has 1 aromatic heterocycles. The Labute approximate surface area is 152 Å². The molecule has 0 bridgehead atoms. The Morgan fingerprint density at radius 2 is 1.50 bits per heavy atom. The van der Waals surface area contributed by atoms with E-state index in [9.17, 15) is 14.4 Å². The molecule has 0 aliphatic heterocycles. The molecule has 6 nitrogen and oxygen atoms in total. The fourth-order valence-electron chi connectivity index (χ4n) is 2.75. The fraction of sp³-hybridized carbons (Fsp3) is 0.350. The van der Waals surface area contributed by atoms with Gasteiger partial charge in [0, 0.05) is 11.4 Å². The first-order valence-corrected chi connectivity index (χ1v) is 8.54.